The fourth-order valence-electron chi connectivity index (χ4n) is 2.59. The number of nitrogens with zero attached hydrogens (tertiary/aromatic N) is 1. The summed E-state index contributed by atoms with van der Waals surface area (Å²) in [6.45, 7) is 4.05. The molecule has 104 valence electrons. The Morgan fingerprint density at radius 3 is 2.28 bits per heavy atom. The summed E-state index contributed by atoms with van der Waals surface area (Å²) >= 11 is 0. The van der Waals surface area contributed by atoms with Crippen molar-refractivity contribution in [3.63, 3.8) is 0 Å². The first-order valence-electron chi connectivity index (χ1n) is 6.76. The molecule has 2 amide bonds. The number of rotatable bonds is 6. The van der Waals surface area contributed by atoms with E-state index in [9.17, 15) is 9.59 Å². The Labute approximate surface area is 109 Å². The van der Waals surface area contributed by atoms with E-state index in [4.69, 9.17) is 11.5 Å². The summed E-state index contributed by atoms with van der Waals surface area (Å²) in [5.41, 5.74) is 11.1. The van der Waals surface area contributed by atoms with Gasteiger partial charge >= 0.3 is 0 Å². The predicted octanol–water partition coefficient (Wildman–Crippen LogP) is 0.616. The number of primary amides is 1. The van der Waals surface area contributed by atoms with Crippen LogP contribution in [0.15, 0.2) is 0 Å². The van der Waals surface area contributed by atoms with Gasteiger partial charge in [-0.3, -0.25) is 9.59 Å². The Morgan fingerprint density at radius 1 is 1.28 bits per heavy atom. The van der Waals surface area contributed by atoms with Gasteiger partial charge in [-0.15, -0.1) is 0 Å². The molecule has 0 heterocycles. The summed E-state index contributed by atoms with van der Waals surface area (Å²) in [6.07, 6.45) is 4.75. The van der Waals surface area contributed by atoms with Gasteiger partial charge in [-0.2, -0.15) is 0 Å². The van der Waals surface area contributed by atoms with Crippen molar-refractivity contribution in [2.75, 3.05) is 6.54 Å². The van der Waals surface area contributed by atoms with E-state index in [0.29, 0.717) is 12.3 Å². The molecule has 0 radical (unpaired) electrons. The lowest BCUT2D eigenvalue weighted by atomic mass is 10.0. The number of carbonyl (C=O) groups is 2. The number of amides is 2. The smallest absolute Gasteiger partial charge is 0.240 e. The molecule has 0 aromatic heterocycles. The average Bonchev–Trinajstić information content (AvgIpc) is 2.76. The first-order chi connectivity index (χ1) is 8.41. The molecule has 1 rings (SSSR count). The highest BCUT2D eigenvalue weighted by molar-refractivity contribution is 5.87. The van der Waals surface area contributed by atoms with Crippen LogP contribution in [0.2, 0.25) is 0 Å². The molecule has 1 aliphatic carbocycles. The largest absolute Gasteiger partial charge is 0.368 e. The molecule has 0 aromatic carbocycles. The molecule has 1 atom stereocenters. The summed E-state index contributed by atoms with van der Waals surface area (Å²) < 4.78 is 0. The third-order valence-electron chi connectivity index (χ3n) is 3.42. The molecule has 5 heteroatoms. The third-order valence-corrected chi connectivity index (χ3v) is 3.42. The van der Waals surface area contributed by atoms with Crippen LogP contribution < -0.4 is 11.5 Å². The van der Waals surface area contributed by atoms with Crippen molar-refractivity contribution in [3.05, 3.63) is 0 Å². The molecular formula is C13H25N3O2. The molecule has 4 N–H and O–H groups in total. The van der Waals surface area contributed by atoms with E-state index in [1.165, 1.54) is 0 Å². The van der Waals surface area contributed by atoms with E-state index in [1.54, 1.807) is 4.90 Å². The molecule has 1 fully saturated rings. The number of hydrogen-bond donors (Lipinski definition) is 2. The average molecular weight is 255 g/mol. The van der Waals surface area contributed by atoms with Crippen molar-refractivity contribution in [3.8, 4) is 0 Å². The van der Waals surface area contributed by atoms with Crippen LogP contribution in [0.5, 0.6) is 0 Å². The maximum absolute atomic E-state index is 12.3. The second-order valence-electron chi connectivity index (χ2n) is 5.61. The van der Waals surface area contributed by atoms with E-state index in [0.717, 1.165) is 25.7 Å². The zero-order valence-corrected chi connectivity index (χ0v) is 11.4. The molecule has 1 saturated carbocycles. The standard InChI is InChI=1S/C13H25N3O2/c1-9(2)7-11(14)13(18)16(8-12(15)17)10-5-3-4-6-10/h9-11H,3-8,14H2,1-2H3,(H2,15,17)/t11-/m0/s1. The van der Waals surface area contributed by atoms with Gasteiger partial charge in [0.1, 0.15) is 0 Å². The monoisotopic (exact) mass is 255 g/mol. The SMILES string of the molecule is CC(C)C[C@H](N)C(=O)N(CC(N)=O)C1CCCC1. The first-order valence-corrected chi connectivity index (χ1v) is 6.76. The highest BCUT2D eigenvalue weighted by Gasteiger charge is 2.30. The van der Waals surface area contributed by atoms with E-state index in [-0.39, 0.29) is 18.5 Å². The molecule has 1 aliphatic rings. The lowest BCUT2D eigenvalue weighted by Gasteiger charge is -2.30. The Morgan fingerprint density at radius 2 is 1.83 bits per heavy atom. The van der Waals surface area contributed by atoms with Crippen LogP contribution >= 0.6 is 0 Å². The van der Waals surface area contributed by atoms with Crippen molar-refractivity contribution in [2.24, 2.45) is 17.4 Å². The second kappa shape index (κ2) is 6.73. The van der Waals surface area contributed by atoms with Crippen LogP contribution in [0, 0.1) is 5.92 Å². The van der Waals surface area contributed by atoms with Crippen molar-refractivity contribution in [1.82, 2.24) is 4.90 Å². The van der Waals surface area contributed by atoms with Crippen LogP contribution in [-0.4, -0.2) is 35.3 Å². The van der Waals surface area contributed by atoms with Gasteiger partial charge < -0.3 is 16.4 Å². The Balaban J connectivity index is 2.68. The van der Waals surface area contributed by atoms with E-state index in [1.807, 2.05) is 13.8 Å². The van der Waals surface area contributed by atoms with Crippen LogP contribution in [0.1, 0.15) is 46.0 Å². The number of nitrogens with two attached hydrogens (primary N) is 2. The van der Waals surface area contributed by atoms with Crippen molar-refractivity contribution < 1.29 is 9.59 Å². The summed E-state index contributed by atoms with van der Waals surface area (Å²) in [6, 6.07) is -0.381. The highest BCUT2D eigenvalue weighted by Crippen LogP contribution is 2.24. The predicted molar refractivity (Wildman–Crippen MR) is 70.6 cm³/mol. The zero-order chi connectivity index (χ0) is 13.7. The van der Waals surface area contributed by atoms with Gasteiger partial charge in [0.25, 0.3) is 0 Å². The van der Waals surface area contributed by atoms with Gasteiger partial charge in [-0.25, -0.2) is 0 Å². The van der Waals surface area contributed by atoms with Crippen LogP contribution in [0.4, 0.5) is 0 Å². The summed E-state index contributed by atoms with van der Waals surface area (Å²) in [5.74, 6) is -0.232. The van der Waals surface area contributed by atoms with Crippen LogP contribution in [0.25, 0.3) is 0 Å². The van der Waals surface area contributed by atoms with E-state index in [2.05, 4.69) is 0 Å². The van der Waals surface area contributed by atoms with Crippen LogP contribution in [-0.2, 0) is 9.59 Å². The second-order valence-corrected chi connectivity index (χ2v) is 5.61. The van der Waals surface area contributed by atoms with Gasteiger partial charge in [-0.05, 0) is 25.2 Å². The normalized spacial score (nSPS) is 18.0. The molecule has 5 nitrogen and oxygen atoms in total. The maximum atomic E-state index is 12.3. The fourth-order valence-corrected chi connectivity index (χ4v) is 2.59. The van der Waals surface area contributed by atoms with Gasteiger partial charge in [-0.1, -0.05) is 26.7 Å². The Hall–Kier alpha value is -1.10. The van der Waals surface area contributed by atoms with Gasteiger partial charge in [0, 0.05) is 6.04 Å². The molecular weight excluding hydrogens is 230 g/mol. The number of carbonyl (C=O) groups excluding carboxylic acids is 2. The topological polar surface area (TPSA) is 89.4 Å². The lowest BCUT2D eigenvalue weighted by Crippen LogP contribution is -2.51. The molecule has 18 heavy (non-hydrogen) atoms. The molecule has 0 bridgehead atoms. The Kier molecular flexibility index (Phi) is 5.59. The quantitative estimate of drug-likeness (QED) is 0.729. The maximum Gasteiger partial charge on any atom is 0.240 e. The number of hydrogen-bond acceptors (Lipinski definition) is 3. The van der Waals surface area contributed by atoms with Crippen LogP contribution in [0.3, 0.4) is 0 Å². The van der Waals surface area contributed by atoms with Gasteiger partial charge in [0.05, 0.1) is 12.6 Å². The first kappa shape index (κ1) is 15.0. The lowest BCUT2D eigenvalue weighted by molar-refractivity contribution is -0.138. The van der Waals surface area contributed by atoms with Crippen molar-refractivity contribution >= 4 is 11.8 Å². The van der Waals surface area contributed by atoms with E-state index >= 15 is 0 Å². The van der Waals surface area contributed by atoms with Crippen molar-refractivity contribution in [1.29, 1.82) is 0 Å². The van der Waals surface area contributed by atoms with Gasteiger partial charge in [0.15, 0.2) is 0 Å². The molecule has 0 spiro atoms. The van der Waals surface area contributed by atoms with Gasteiger partial charge in [0.2, 0.25) is 11.8 Å². The summed E-state index contributed by atoms with van der Waals surface area (Å²) in [7, 11) is 0. The van der Waals surface area contributed by atoms with Crippen molar-refractivity contribution in [2.45, 2.75) is 58.0 Å². The fraction of sp³-hybridized carbons (Fsp3) is 0.846. The molecule has 0 aromatic rings. The molecule has 0 unspecified atom stereocenters. The third kappa shape index (κ3) is 4.29. The minimum atomic E-state index is -0.523. The zero-order valence-electron chi connectivity index (χ0n) is 11.4. The van der Waals surface area contributed by atoms with E-state index < -0.39 is 11.9 Å². The minimum Gasteiger partial charge on any atom is -0.368 e. The Bertz CT molecular complexity index is 299. The summed E-state index contributed by atoms with van der Waals surface area (Å²) in [5, 5.41) is 0. The minimum absolute atomic E-state index is 0.00467. The molecule has 0 saturated heterocycles. The summed E-state index contributed by atoms with van der Waals surface area (Å²) in [4.78, 5) is 25.0. The highest BCUT2D eigenvalue weighted by atomic mass is 16.2. The molecule has 0 aliphatic heterocycles.